The molecule has 0 aromatic heterocycles. The molecule has 0 aliphatic rings. The van der Waals surface area contributed by atoms with Crippen LogP contribution in [0.15, 0.2) is 0 Å². The van der Waals surface area contributed by atoms with E-state index >= 15 is 0 Å². The van der Waals surface area contributed by atoms with Crippen LogP contribution < -0.4 is 5.32 Å². The second kappa shape index (κ2) is 9.40. The van der Waals surface area contributed by atoms with Gasteiger partial charge < -0.3 is 20.3 Å². The number of nitrogens with one attached hydrogen (secondary N) is 1. The first kappa shape index (κ1) is 13.8. The average Bonchev–Trinajstić information content (AvgIpc) is 2.20. The molecule has 4 nitrogen and oxygen atoms in total. The lowest BCUT2D eigenvalue weighted by Crippen LogP contribution is -2.36. The average molecular weight is 205 g/mol. The van der Waals surface area contributed by atoms with E-state index in [0.717, 1.165) is 12.8 Å². The third-order valence-electron chi connectivity index (χ3n) is 2.01. The van der Waals surface area contributed by atoms with Gasteiger partial charge in [0.15, 0.2) is 0 Å². The number of aliphatic hydroxyl groups is 2. The van der Waals surface area contributed by atoms with Crippen molar-refractivity contribution >= 4 is 0 Å². The summed E-state index contributed by atoms with van der Waals surface area (Å²) in [5, 5.41) is 21.2. The van der Waals surface area contributed by atoms with Crippen LogP contribution in [0.3, 0.4) is 0 Å². The fraction of sp³-hybridized carbons (Fsp3) is 1.00. The number of rotatable bonds is 9. The minimum Gasteiger partial charge on any atom is -0.396 e. The molecule has 0 bridgehead atoms. The van der Waals surface area contributed by atoms with Crippen LogP contribution in [0.5, 0.6) is 0 Å². The molecule has 0 rings (SSSR count). The van der Waals surface area contributed by atoms with E-state index in [1.54, 1.807) is 0 Å². The Bertz CT molecular complexity index is 108. The van der Waals surface area contributed by atoms with E-state index in [1.165, 1.54) is 0 Å². The summed E-state index contributed by atoms with van der Waals surface area (Å²) in [6.45, 7) is 5.75. The monoisotopic (exact) mass is 205 g/mol. The zero-order valence-corrected chi connectivity index (χ0v) is 9.20. The van der Waals surface area contributed by atoms with Gasteiger partial charge in [0.05, 0.1) is 12.7 Å². The van der Waals surface area contributed by atoms with Crippen molar-refractivity contribution in [2.24, 2.45) is 0 Å². The van der Waals surface area contributed by atoms with Crippen LogP contribution in [0.1, 0.15) is 26.7 Å². The van der Waals surface area contributed by atoms with Gasteiger partial charge in [0.25, 0.3) is 0 Å². The van der Waals surface area contributed by atoms with Crippen molar-refractivity contribution in [2.75, 3.05) is 26.4 Å². The summed E-state index contributed by atoms with van der Waals surface area (Å²) in [6.07, 6.45) is 1.29. The fourth-order valence-corrected chi connectivity index (χ4v) is 1.15. The molecule has 0 amide bonds. The van der Waals surface area contributed by atoms with Crippen molar-refractivity contribution in [3.63, 3.8) is 0 Å². The third kappa shape index (κ3) is 8.44. The first-order valence-corrected chi connectivity index (χ1v) is 5.30. The van der Waals surface area contributed by atoms with Crippen molar-refractivity contribution < 1.29 is 14.9 Å². The Kier molecular flexibility index (Phi) is 9.29. The summed E-state index contributed by atoms with van der Waals surface area (Å²) in [4.78, 5) is 0. The quantitative estimate of drug-likeness (QED) is 0.501. The predicted octanol–water partition coefficient (Wildman–Crippen LogP) is 0.134. The summed E-state index contributed by atoms with van der Waals surface area (Å²) in [7, 11) is 0. The van der Waals surface area contributed by atoms with Gasteiger partial charge in [-0.2, -0.15) is 0 Å². The summed E-state index contributed by atoms with van der Waals surface area (Å²) >= 11 is 0. The lowest BCUT2D eigenvalue weighted by atomic mass is 10.2. The normalized spacial score (nSPS) is 15.4. The van der Waals surface area contributed by atoms with Crippen LogP contribution in [0.2, 0.25) is 0 Å². The number of ether oxygens (including phenoxy) is 1. The van der Waals surface area contributed by atoms with E-state index in [2.05, 4.69) is 5.32 Å². The standard InChI is InChI=1S/C10H23NO3/c1-3-14-8-10(13)7-11-9(2)5-4-6-12/h9-13H,3-8H2,1-2H3. The second-order valence-electron chi connectivity index (χ2n) is 3.49. The second-order valence-corrected chi connectivity index (χ2v) is 3.49. The molecule has 2 unspecified atom stereocenters. The van der Waals surface area contributed by atoms with Crippen LogP contribution in [0.25, 0.3) is 0 Å². The molecule has 0 aromatic carbocycles. The summed E-state index contributed by atoms with van der Waals surface area (Å²) < 4.78 is 5.08. The van der Waals surface area contributed by atoms with Crippen LogP contribution in [-0.4, -0.2) is 48.7 Å². The molecule has 2 atom stereocenters. The largest absolute Gasteiger partial charge is 0.396 e. The molecule has 0 saturated carbocycles. The molecule has 0 aromatic rings. The van der Waals surface area contributed by atoms with Gasteiger partial charge in [0, 0.05) is 25.8 Å². The minimum absolute atomic E-state index is 0.230. The molecule has 0 radical (unpaired) electrons. The highest BCUT2D eigenvalue weighted by molar-refractivity contribution is 4.64. The highest BCUT2D eigenvalue weighted by Crippen LogP contribution is 1.95. The zero-order chi connectivity index (χ0) is 10.8. The van der Waals surface area contributed by atoms with E-state index in [0.29, 0.717) is 25.8 Å². The maximum absolute atomic E-state index is 9.42. The molecule has 0 fully saturated rings. The van der Waals surface area contributed by atoms with Gasteiger partial charge in [-0.05, 0) is 26.7 Å². The maximum Gasteiger partial charge on any atom is 0.0897 e. The summed E-state index contributed by atoms with van der Waals surface area (Å²) in [5.74, 6) is 0. The van der Waals surface area contributed by atoms with Crippen molar-refractivity contribution in [1.29, 1.82) is 0 Å². The van der Waals surface area contributed by atoms with Crippen molar-refractivity contribution in [3.05, 3.63) is 0 Å². The molecule has 4 heteroatoms. The first-order chi connectivity index (χ1) is 6.70. The maximum atomic E-state index is 9.42. The lowest BCUT2D eigenvalue weighted by Gasteiger charge is -2.16. The Morgan fingerprint density at radius 2 is 2.14 bits per heavy atom. The van der Waals surface area contributed by atoms with Gasteiger partial charge in [0.2, 0.25) is 0 Å². The highest BCUT2D eigenvalue weighted by Gasteiger charge is 2.06. The molecule has 0 spiro atoms. The molecule has 0 heterocycles. The molecular formula is C10H23NO3. The number of hydrogen-bond donors (Lipinski definition) is 3. The smallest absolute Gasteiger partial charge is 0.0897 e. The van der Waals surface area contributed by atoms with Gasteiger partial charge in [-0.3, -0.25) is 0 Å². The Morgan fingerprint density at radius 3 is 2.71 bits per heavy atom. The van der Waals surface area contributed by atoms with Crippen molar-refractivity contribution in [3.8, 4) is 0 Å². The molecule has 3 N–H and O–H groups in total. The third-order valence-corrected chi connectivity index (χ3v) is 2.01. The molecule has 0 saturated heterocycles. The fourth-order valence-electron chi connectivity index (χ4n) is 1.15. The van der Waals surface area contributed by atoms with Crippen LogP contribution in [0, 0.1) is 0 Å². The van der Waals surface area contributed by atoms with Gasteiger partial charge in [0.1, 0.15) is 0 Å². The number of hydrogen-bond acceptors (Lipinski definition) is 4. The van der Waals surface area contributed by atoms with Gasteiger partial charge >= 0.3 is 0 Å². The zero-order valence-electron chi connectivity index (χ0n) is 9.20. The SMILES string of the molecule is CCOCC(O)CNC(C)CCCO. The Labute approximate surface area is 86.3 Å². The lowest BCUT2D eigenvalue weighted by molar-refractivity contribution is 0.0414. The molecule has 86 valence electrons. The summed E-state index contributed by atoms with van der Waals surface area (Å²) in [5.41, 5.74) is 0. The Hall–Kier alpha value is -0.160. The van der Waals surface area contributed by atoms with Crippen LogP contribution in [-0.2, 0) is 4.74 Å². The summed E-state index contributed by atoms with van der Waals surface area (Å²) in [6, 6.07) is 0.332. The van der Waals surface area contributed by atoms with Gasteiger partial charge in [-0.25, -0.2) is 0 Å². The molecule has 0 aliphatic heterocycles. The van der Waals surface area contributed by atoms with E-state index in [-0.39, 0.29) is 6.61 Å². The first-order valence-electron chi connectivity index (χ1n) is 5.30. The molecule has 0 aliphatic carbocycles. The van der Waals surface area contributed by atoms with Gasteiger partial charge in [-0.15, -0.1) is 0 Å². The topological polar surface area (TPSA) is 61.7 Å². The van der Waals surface area contributed by atoms with Crippen LogP contribution >= 0.6 is 0 Å². The Morgan fingerprint density at radius 1 is 1.43 bits per heavy atom. The van der Waals surface area contributed by atoms with Crippen molar-refractivity contribution in [1.82, 2.24) is 5.32 Å². The van der Waals surface area contributed by atoms with Crippen molar-refractivity contribution in [2.45, 2.75) is 38.8 Å². The van der Waals surface area contributed by atoms with E-state index in [9.17, 15) is 5.11 Å². The highest BCUT2D eigenvalue weighted by atomic mass is 16.5. The number of aliphatic hydroxyl groups excluding tert-OH is 2. The predicted molar refractivity (Wildman–Crippen MR) is 56.3 cm³/mol. The van der Waals surface area contributed by atoms with E-state index in [1.807, 2.05) is 13.8 Å². The molecular weight excluding hydrogens is 182 g/mol. The minimum atomic E-state index is -0.438. The van der Waals surface area contributed by atoms with E-state index in [4.69, 9.17) is 9.84 Å². The van der Waals surface area contributed by atoms with Crippen LogP contribution in [0.4, 0.5) is 0 Å². The molecule has 14 heavy (non-hydrogen) atoms. The van der Waals surface area contributed by atoms with E-state index < -0.39 is 6.10 Å². The Balaban J connectivity index is 3.31. The van der Waals surface area contributed by atoms with Gasteiger partial charge in [-0.1, -0.05) is 0 Å².